The van der Waals surface area contributed by atoms with Crippen LogP contribution >= 0.6 is 27.5 Å². The van der Waals surface area contributed by atoms with Crippen LogP contribution in [0.25, 0.3) is 22.4 Å². The van der Waals surface area contributed by atoms with E-state index < -0.39 is 0 Å². The second-order valence-corrected chi connectivity index (χ2v) is 6.02. The van der Waals surface area contributed by atoms with Crippen molar-refractivity contribution in [2.45, 2.75) is 13.8 Å². The van der Waals surface area contributed by atoms with Crippen LogP contribution in [-0.4, -0.2) is 9.97 Å². The van der Waals surface area contributed by atoms with Crippen molar-refractivity contribution in [2.75, 3.05) is 0 Å². The molecule has 0 saturated heterocycles. The molecule has 0 atom stereocenters. The van der Waals surface area contributed by atoms with Gasteiger partial charge in [-0.15, -0.1) is 0 Å². The van der Waals surface area contributed by atoms with Gasteiger partial charge in [-0.05, 0) is 55.3 Å². The summed E-state index contributed by atoms with van der Waals surface area (Å²) in [4.78, 5) is 8.06. The molecule has 19 heavy (non-hydrogen) atoms. The van der Waals surface area contributed by atoms with Gasteiger partial charge in [0.1, 0.15) is 5.82 Å². The van der Waals surface area contributed by atoms with Gasteiger partial charge in [0.25, 0.3) is 0 Å². The predicted molar refractivity (Wildman–Crippen MR) is 83.7 cm³/mol. The number of imidazole rings is 1. The smallest absolute Gasteiger partial charge is 0.138 e. The first-order valence-electron chi connectivity index (χ1n) is 5.97. The van der Waals surface area contributed by atoms with Gasteiger partial charge in [0.2, 0.25) is 0 Å². The number of nitrogens with one attached hydrogen (secondary N) is 1. The standard InChI is InChI=1S/C15H12BrClN2/c1-8-6-11(17)3-4-12(8)15-18-13-7-10(16)5-9(2)14(13)19-15/h3-7H,1-2H3,(H,18,19). The maximum Gasteiger partial charge on any atom is 0.138 e. The highest BCUT2D eigenvalue weighted by atomic mass is 79.9. The van der Waals surface area contributed by atoms with Crippen LogP contribution < -0.4 is 0 Å². The van der Waals surface area contributed by atoms with Crippen molar-refractivity contribution in [3.8, 4) is 11.4 Å². The Bertz CT molecular complexity index is 777. The number of rotatable bonds is 1. The first kappa shape index (κ1) is 12.7. The van der Waals surface area contributed by atoms with Gasteiger partial charge in [0.15, 0.2) is 0 Å². The molecule has 1 aromatic heterocycles. The molecule has 3 rings (SSSR count). The summed E-state index contributed by atoms with van der Waals surface area (Å²) in [6.45, 7) is 4.10. The molecule has 1 heterocycles. The third-order valence-corrected chi connectivity index (χ3v) is 3.88. The average Bonchev–Trinajstić information content (AvgIpc) is 2.72. The highest BCUT2D eigenvalue weighted by Crippen LogP contribution is 2.28. The first-order valence-corrected chi connectivity index (χ1v) is 7.14. The third kappa shape index (κ3) is 2.28. The Morgan fingerprint density at radius 3 is 2.63 bits per heavy atom. The van der Waals surface area contributed by atoms with Gasteiger partial charge < -0.3 is 4.98 Å². The lowest BCUT2D eigenvalue weighted by Gasteiger charge is -2.02. The zero-order valence-electron chi connectivity index (χ0n) is 10.6. The van der Waals surface area contributed by atoms with E-state index in [0.717, 1.165) is 43.0 Å². The van der Waals surface area contributed by atoms with Gasteiger partial charge in [-0.25, -0.2) is 4.98 Å². The molecule has 0 bridgehead atoms. The highest BCUT2D eigenvalue weighted by molar-refractivity contribution is 9.10. The second-order valence-electron chi connectivity index (χ2n) is 4.66. The molecular weight excluding hydrogens is 324 g/mol. The Morgan fingerprint density at radius 1 is 1.11 bits per heavy atom. The molecule has 2 nitrogen and oxygen atoms in total. The number of aromatic nitrogens is 2. The van der Waals surface area contributed by atoms with Gasteiger partial charge >= 0.3 is 0 Å². The number of benzene rings is 2. The van der Waals surface area contributed by atoms with E-state index in [9.17, 15) is 0 Å². The van der Waals surface area contributed by atoms with Crippen molar-refractivity contribution in [2.24, 2.45) is 0 Å². The summed E-state index contributed by atoms with van der Waals surface area (Å²) in [6.07, 6.45) is 0. The topological polar surface area (TPSA) is 28.7 Å². The number of nitrogens with zero attached hydrogens (tertiary/aromatic N) is 1. The number of fused-ring (bicyclic) bond motifs is 1. The highest BCUT2D eigenvalue weighted by Gasteiger charge is 2.10. The lowest BCUT2D eigenvalue weighted by atomic mass is 10.1. The van der Waals surface area contributed by atoms with Gasteiger partial charge in [0.05, 0.1) is 11.0 Å². The summed E-state index contributed by atoms with van der Waals surface area (Å²) in [6, 6.07) is 9.96. The third-order valence-electron chi connectivity index (χ3n) is 3.19. The molecule has 0 unspecified atom stereocenters. The van der Waals surface area contributed by atoms with Gasteiger partial charge in [0, 0.05) is 15.1 Å². The van der Waals surface area contributed by atoms with Crippen molar-refractivity contribution in [1.82, 2.24) is 9.97 Å². The second kappa shape index (κ2) is 4.66. The fourth-order valence-electron chi connectivity index (χ4n) is 2.27. The molecule has 0 amide bonds. The Labute approximate surface area is 124 Å². The number of hydrogen-bond donors (Lipinski definition) is 1. The fourth-order valence-corrected chi connectivity index (χ4v) is 3.07. The van der Waals surface area contributed by atoms with E-state index in [4.69, 9.17) is 16.6 Å². The zero-order chi connectivity index (χ0) is 13.6. The van der Waals surface area contributed by atoms with Crippen LogP contribution in [-0.2, 0) is 0 Å². The van der Waals surface area contributed by atoms with Crippen LogP contribution in [0, 0.1) is 13.8 Å². The minimum atomic E-state index is 0.747. The Hall–Kier alpha value is -1.32. The quantitative estimate of drug-likeness (QED) is 0.645. The molecule has 0 radical (unpaired) electrons. The summed E-state index contributed by atoms with van der Waals surface area (Å²) in [5, 5.41) is 0.747. The Morgan fingerprint density at radius 2 is 1.89 bits per heavy atom. The van der Waals surface area contributed by atoms with Crippen molar-refractivity contribution in [1.29, 1.82) is 0 Å². The summed E-state index contributed by atoms with van der Waals surface area (Å²) < 4.78 is 1.06. The van der Waals surface area contributed by atoms with Crippen molar-refractivity contribution in [3.05, 3.63) is 51.0 Å². The maximum absolute atomic E-state index is 5.99. The van der Waals surface area contributed by atoms with E-state index in [2.05, 4.69) is 33.9 Å². The summed E-state index contributed by atoms with van der Waals surface area (Å²) in [5.41, 5.74) is 5.39. The van der Waals surface area contributed by atoms with Crippen LogP contribution in [0.1, 0.15) is 11.1 Å². The van der Waals surface area contributed by atoms with E-state index in [-0.39, 0.29) is 0 Å². The molecule has 2 aromatic carbocycles. The molecular formula is C15H12BrClN2. The van der Waals surface area contributed by atoms with Gasteiger partial charge in [-0.2, -0.15) is 0 Å². The molecule has 1 N–H and O–H groups in total. The average molecular weight is 336 g/mol. The number of H-pyrrole nitrogens is 1. The summed E-state index contributed by atoms with van der Waals surface area (Å²) in [7, 11) is 0. The normalized spacial score (nSPS) is 11.2. The Balaban J connectivity index is 2.23. The number of aromatic amines is 1. The van der Waals surface area contributed by atoms with Crippen molar-refractivity contribution < 1.29 is 0 Å². The molecule has 0 aliphatic rings. The van der Waals surface area contributed by atoms with E-state index in [1.807, 2.05) is 31.2 Å². The number of hydrogen-bond acceptors (Lipinski definition) is 1. The van der Waals surface area contributed by atoms with Gasteiger partial charge in [-0.1, -0.05) is 27.5 Å². The molecule has 0 fully saturated rings. The predicted octanol–water partition coefficient (Wildman–Crippen LogP) is 5.26. The molecule has 96 valence electrons. The molecule has 3 aromatic rings. The van der Waals surface area contributed by atoms with Crippen LogP contribution in [0.2, 0.25) is 5.02 Å². The monoisotopic (exact) mass is 334 g/mol. The maximum atomic E-state index is 5.99. The lowest BCUT2D eigenvalue weighted by Crippen LogP contribution is -1.85. The summed E-state index contributed by atoms with van der Waals surface area (Å²) in [5.74, 6) is 0.880. The lowest BCUT2D eigenvalue weighted by molar-refractivity contribution is 1.30. The number of aryl methyl sites for hydroxylation is 2. The minimum absolute atomic E-state index is 0.747. The minimum Gasteiger partial charge on any atom is -0.338 e. The van der Waals surface area contributed by atoms with E-state index in [1.54, 1.807) is 0 Å². The van der Waals surface area contributed by atoms with Crippen molar-refractivity contribution >= 4 is 38.6 Å². The molecule has 0 spiro atoms. The van der Waals surface area contributed by atoms with Crippen LogP contribution in [0.15, 0.2) is 34.8 Å². The van der Waals surface area contributed by atoms with E-state index in [0.29, 0.717) is 0 Å². The molecule has 0 aliphatic carbocycles. The van der Waals surface area contributed by atoms with E-state index >= 15 is 0 Å². The van der Waals surface area contributed by atoms with Crippen LogP contribution in [0.4, 0.5) is 0 Å². The largest absolute Gasteiger partial charge is 0.338 e. The molecule has 0 aliphatic heterocycles. The molecule has 4 heteroatoms. The zero-order valence-corrected chi connectivity index (χ0v) is 12.9. The molecule has 0 saturated carbocycles. The fraction of sp³-hybridized carbons (Fsp3) is 0.133. The number of halogens is 2. The van der Waals surface area contributed by atoms with E-state index in [1.165, 1.54) is 0 Å². The summed E-state index contributed by atoms with van der Waals surface area (Å²) >= 11 is 9.50. The van der Waals surface area contributed by atoms with Crippen molar-refractivity contribution in [3.63, 3.8) is 0 Å². The van der Waals surface area contributed by atoms with Crippen LogP contribution in [0.3, 0.4) is 0 Å². The van der Waals surface area contributed by atoms with Gasteiger partial charge in [-0.3, -0.25) is 0 Å². The SMILES string of the molecule is Cc1cc(Cl)ccc1-c1nc2c(C)cc(Br)cc2[nH]1. The first-order chi connectivity index (χ1) is 9.04. The van der Waals surface area contributed by atoms with Crippen LogP contribution in [0.5, 0.6) is 0 Å². The Kier molecular flexibility index (Phi) is 3.11.